The van der Waals surface area contributed by atoms with Crippen LogP contribution in [-0.2, 0) is 13.1 Å². The van der Waals surface area contributed by atoms with Crippen molar-refractivity contribution in [1.82, 2.24) is 20.0 Å². The standard InChI is InChI=1S/C20H28N4O/c1-16-8-10-19(11-9-16)23(2)20(25)21-14-17-6-3-4-7-18(17)15-24-13-5-12-22-24/h3-7,12-13,16,19H,8-11,14-15H2,1-2H3,(H,21,25). The van der Waals surface area contributed by atoms with Gasteiger partial charge >= 0.3 is 6.03 Å². The molecule has 1 fully saturated rings. The normalized spacial score (nSPS) is 20.2. The Morgan fingerprint density at radius 3 is 2.60 bits per heavy atom. The summed E-state index contributed by atoms with van der Waals surface area (Å²) in [6.07, 6.45) is 8.39. The van der Waals surface area contributed by atoms with Crippen LogP contribution in [0.2, 0.25) is 0 Å². The molecule has 5 nitrogen and oxygen atoms in total. The van der Waals surface area contributed by atoms with Crippen LogP contribution in [0, 0.1) is 5.92 Å². The summed E-state index contributed by atoms with van der Waals surface area (Å²) in [5.41, 5.74) is 2.32. The smallest absolute Gasteiger partial charge is 0.317 e. The molecular weight excluding hydrogens is 312 g/mol. The van der Waals surface area contributed by atoms with E-state index in [1.165, 1.54) is 18.4 Å². The van der Waals surface area contributed by atoms with Gasteiger partial charge in [-0.3, -0.25) is 4.68 Å². The fourth-order valence-corrected chi connectivity index (χ4v) is 3.54. The second-order valence-corrected chi connectivity index (χ2v) is 7.16. The SMILES string of the molecule is CC1CCC(N(C)C(=O)NCc2ccccc2Cn2cccn2)CC1. The van der Waals surface area contributed by atoms with E-state index >= 15 is 0 Å². The van der Waals surface area contributed by atoms with Gasteiger partial charge in [0.15, 0.2) is 0 Å². The van der Waals surface area contributed by atoms with Gasteiger partial charge in [-0.15, -0.1) is 0 Å². The number of benzene rings is 1. The number of urea groups is 1. The first-order chi connectivity index (χ1) is 12.1. The first kappa shape index (κ1) is 17.5. The summed E-state index contributed by atoms with van der Waals surface area (Å²) in [6.45, 7) is 3.56. The number of carbonyl (C=O) groups is 1. The number of nitrogens with one attached hydrogen (secondary N) is 1. The van der Waals surface area contributed by atoms with Gasteiger partial charge in [-0.2, -0.15) is 5.10 Å². The quantitative estimate of drug-likeness (QED) is 0.903. The van der Waals surface area contributed by atoms with Crippen LogP contribution in [0.5, 0.6) is 0 Å². The Bertz CT molecular complexity index is 675. The molecule has 1 aliphatic carbocycles. The average Bonchev–Trinajstić information content (AvgIpc) is 3.14. The van der Waals surface area contributed by atoms with Gasteiger partial charge in [-0.25, -0.2) is 4.79 Å². The molecule has 5 heteroatoms. The van der Waals surface area contributed by atoms with E-state index in [-0.39, 0.29) is 6.03 Å². The molecule has 0 atom stereocenters. The number of carbonyl (C=O) groups excluding carboxylic acids is 1. The highest BCUT2D eigenvalue weighted by atomic mass is 16.2. The van der Waals surface area contributed by atoms with Crippen molar-refractivity contribution in [2.24, 2.45) is 5.92 Å². The Morgan fingerprint density at radius 2 is 1.92 bits per heavy atom. The molecule has 1 aromatic carbocycles. The number of aromatic nitrogens is 2. The lowest BCUT2D eigenvalue weighted by molar-refractivity contribution is 0.163. The summed E-state index contributed by atoms with van der Waals surface area (Å²) < 4.78 is 1.90. The Balaban J connectivity index is 1.57. The van der Waals surface area contributed by atoms with Crippen LogP contribution in [0.15, 0.2) is 42.7 Å². The second kappa shape index (κ2) is 8.19. The van der Waals surface area contributed by atoms with Crippen LogP contribution in [0.4, 0.5) is 4.79 Å². The van der Waals surface area contributed by atoms with E-state index in [0.717, 1.165) is 30.9 Å². The Morgan fingerprint density at radius 1 is 1.20 bits per heavy atom. The molecule has 25 heavy (non-hydrogen) atoms. The van der Waals surface area contributed by atoms with Crippen LogP contribution >= 0.6 is 0 Å². The fraction of sp³-hybridized carbons (Fsp3) is 0.500. The van der Waals surface area contributed by atoms with Crippen molar-refractivity contribution < 1.29 is 4.79 Å². The van der Waals surface area contributed by atoms with Crippen LogP contribution in [-0.4, -0.2) is 33.8 Å². The Hall–Kier alpha value is -2.30. The van der Waals surface area contributed by atoms with Gasteiger partial charge in [-0.1, -0.05) is 31.2 Å². The molecule has 1 N–H and O–H groups in total. The monoisotopic (exact) mass is 340 g/mol. The molecule has 134 valence electrons. The summed E-state index contributed by atoms with van der Waals surface area (Å²) in [6, 6.07) is 10.5. The van der Waals surface area contributed by atoms with E-state index in [2.05, 4.69) is 29.5 Å². The van der Waals surface area contributed by atoms with E-state index in [1.54, 1.807) is 6.20 Å². The van der Waals surface area contributed by atoms with Crippen molar-refractivity contribution in [3.05, 3.63) is 53.9 Å². The number of amides is 2. The summed E-state index contributed by atoms with van der Waals surface area (Å²) in [7, 11) is 1.92. The lowest BCUT2D eigenvalue weighted by Gasteiger charge is -2.33. The highest BCUT2D eigenvalue weighted by Crippen LogP contribution is 2.26. The zero-order chi connectivity index (χ0) is 17.6. The molecule has 0 spiro atoms. The maximum Gasteiger partial charge on any atom is 0.317 e. The minimum absolute atomic E-state index is 0.0217. The third-order valence-corrected chi connectivity index (χ3v) is 5.29. The zero-order valence-corrected chi connectivity index (χ0v) is 15.2. The van der Waals surface area contributed by atoms with E-state index in [1.807, 2.05) is 41.0 Å². The van der Waals surface area contributed by atoms with Crippen molar-refractivity contribution in [2.75, 3.05) is 7.05 Å². The van der Waals surface area contributed by atoms with E-state index in [4.69, 9.17) is 0 Å². The summed E-state index contributed by atoms with van der Waals surface area (Å²) >= 11 is 0. The highest BCUT2D eigenvalue weighted by Gasteiger charge is 2.24. The molecule has 0 saturated heterocycles. The summed E-state index contributed by atoms with van der Waals surface area (Å²) in [5.74, 6) is 0.793. The molecule has 1 aliphatic rings. The minimum atomic E-state index is 0.0217. The topological polar surface area (TPSA) is 50.2 Å². The largest absolute Gasteiger partial charge is 0.334 e. The highest BCUT2D eigenvalue weighted by molar-refractivity contribution is 5.74. The van der Waals surface area contributed by atoms with E-state index in [0.29, 0.717) is 12.6 Å². The minimum Gasteiger partial charge on any atom is -0.334 e. The molecule has 0 aliphatic heterocycles. The average molecular weight is 340 g/mol. The lowest BCUT2D eigenvalue weighted by atomic mass is 9.87. The lowest BCUT2D eigenvalue weighted by Crippen LogP contribution is -2.44. The second-order valence-electron chi connectivity index (χ2n) is 7.16. The van der Waals surface area contributed by atoms with Gasteiger partial charge in [0, 0.05) is 32.0 Å². The maximum absolute atomic E-state index is 12.5. The van der Waals surface area contributed by atoms with Crippen molar-refractivity contribution in [3.63, 3.8) is 0 Å². The van der Waals surface area contributed by atoms with E-state index < -0.39 is 0 Å². The van der Waals surface area contributed by atoms with Gasteiger partial charge < -0.3 is 10.2 Å². The fourth-order valence-electron chi connectivity index (χ4n) is 3.54. The van der Waals surface area contributed by atoms with Crippen LogP contribution in [0.25, 0.3) is 0 Å². The third kappa shape index (κ3) is 4.62. The number of hydrogen-bond donors (Lipinski definition) is 1. The third-order valence-electron chi connectivity index (χ3n) is 5.29. The van der Waals surface area contributed by atoms with Crippen LogP contribution < -0.4 is 5.32 Å². The Kier molecular flexibility index (Phi) is 5.74. The van der Waals surface area contributed by atoms with Gasteiger partial charge in [0.1, 0.15) is 0 Å². The van der Waals surface area contributed by atoms with E-state index in [9.17, 15) is 4.79 Å². The predicted octanol–water partition coefficient (Wildman–Crippen LogP) is 3.65. The summed E-state index contributed by atoms with van der Waals surface area (Å²) in [4.78, 5) is 14.4. The molecule has 1 saturated carbocycles. The first-order valence-electron chi connectivity index (χ1n) is 9.18. The molecule has 0 bridgehead atoms. The van der Waals surface area contributed by atoms with Gasteiger partial charge in [-0.05, 0) is 48.8 Å². The van der Waals surface area contributed by atoms with Crippen molar-refractivity contribution in [2.45, 2.75) is 51.7 Å². The predicted molar refractivity (Wildman–Crippen MR) is 99.2 cm³/mol. The molecular formula is C20H28N4O. The van der Waals surface area contributed by atoms with Gasteiger partial charge in [0.2, 0.25) is 0 Å². The molecule has 3 rings (SSSR count). The molecule has 2 amide bonds. The molecule has 2 aromatic rings. The van der Waals surface area contributed by atoms with Crippen LogP contribution in [0.3, 0.4) is 0 Å². The van der Waals surface area contributed by atoms with Crippen LogP contribution in [0.1, 0.15) is 43.7 Å². The molecule has 0 unspecified atom stereocenters. The Labute approximate surface area is 150 Å². The maximum atomic E-state index is 12.5. The number of hydrogen-bond acceptors (Lipinski definition) is 2. The van der Waals surface area contributed by atoms with Gasteiger partial charge in [0.05, 0.1) is 6.54 Å². The van der Waals surface area contributed by atoms with Crippen molar-refractivity contribution >= 4 is 6.03 Å². The number of nitrogens with zero attached hydrogens (tertiary/aromatic N) is 3. The molecule has 1 heterocycles. The zero-order valence-electron chi connectivity index (χ0n) is 15.2. The van der Waals surface area contributed by atoms with Gasteiger partial charge in [0.25, 0.3) is 0 Å². The van der Waals surface area contributed by atoms with Crippen molar-refractivity contribution in [3.8, 4) is 0 Å². The molecule has 1 aromatic heterocycles. The van der Waals surface area contributed by atoms with Crippen molar-refractivity contribution in [1.29, 1.82) is 0 Å². The number of rotatable bonds is 5. The molecule has 0 radical (unpaired) electrons. The first-order valence-corrected chi connectivity index (χ1v) is 9.18. The summed E-state index contributed by atoms with van der Waals surface area (Å²) in [5, 5.41) is 7.35.